The van der Waals surface area contributed by atoms with Crippen molar-refractivity contribution in [3.05, 3.63) is 99.1 Å². The van der Waals surface area contributed by atoms with Gasteiger partial charge in [-0.1, -0.05) is 6.07 Å². The van der Waals surface area contributed by atoms with E-state index in [0.717, 1.165) is 16.0 Å². The van der Waals surface area contributed by atoms with E-state index in [2.05, 4.69) is 5.32 Å². The van der Waals surface area contributed by atoms with Crippen LogP contribution in [0, 0.1) is 24.0 Å². The third-order valence-electron chi connectivity index (χ3n) is 4.92. The fraction of sp³-hybridized carbons (Fsp3) is 0.130. The van der Waals surface area contributed by atoms with Crippen molar-refractivity contribution in [2.24, 2.45) is 0 Å². The minimum atomic E-state index is -0.516. The second-order valence-electron chi connectivity index (χ2n) is 7.33. The molecule has 0 atom stereocenters. The van der Waals surface area contributed by atoms with Crippen LogP contribution < -0.4 is 5.32 Å². The first-order valence-electron chi connectivity index (χ1n) is 9.56. The second-order valence-corrected chi connectivity index (χ2v) is 7.33. The van der Waals surface area contributed by atoms with E-state index < -0.39 is 16.7 Å². The van der Waals surface area contributed by atoms with Gasteiger partial charge < -0.3 is 9.73 Å². The van der Waals surface area contributed by atoms with Crippen molar-refractivity contribution in [2.75, 3.05) is 5.32 Å². The van der Waals surface area contributed by atoms with Crippen molar-refractivity contribution < 1.29 is 18.9 Å². The largest absolute Gasteiger partial charge is 0.467 e. The Kier molecular flexibility index (Phi) is 5.12. The molecule has 31 heavy (non-hydrogen) atoms. The van der Waals surface area contributed by atoms with E-state index in [1.807, 2.05) is 32.0 Å². The van der Waals surface area contributed by atoms with Crippen LogP contribution in [-0.4, -0.2) is 21.6 Å². The predicted molar refractivity (Wildman–Crippen MR) is 114 cm³/mol. The van der Waals surface area contributed by atoms with Crippen molar-refractivity contribution in [2.45, 2.75) is 20.4 Å². The number of non-ortho nitro benzene ring substituents is 1. The van der Waals surface area contributed by atoms with Crippen LogP contribution in [0.1, 0.15) is 22.5 Å². The Labute approximate surface area is 177 Å². The van der Waals surface area contributed by atoms with Gasteiger partial charge in [0.15, 0.2) is 0 Å². The van der Waals surface area contributed by atoms with Crippen LogP contribution in [0.5, 0.6) is 0 Å². The van der Waals surface area contributed by atoms with Gasteiger partial charge in [0.1, 0.15) is 11.5 Å². The molecule has 1 aliphatic heterocycles. The van der Waals surface area contributed by atoms with Crippen molar-refractivity contribution in [3.8, 4) is 0 Å². The van der Waals surface area contributed by atoms with Gasteiger partial charge in [-0.25, -0.2) is 0 Å². The van der Waals surface area contributed by atoms with Crippen LogP contribution in [0.2, 0.25) is 0 Å². The minimum Gasteiger partial charge on any atom is -0.467 e. The van der Waals surface area contributed by atoms with Crippen molar-refractivity contribution in [3.63, 3.8) is 0 Å². The highest BCUT2D eigenvalue weighted by Crippen LogP contribution is 2.32. The molecule has 8 nitrogen and oxygen atoms in total. The van der Waals surface area contributed by atoms with Crippen LogP contribution in [0.4, 0.5) is 11.4 Å². The van der Waals surface area contributed by atoms with E-state index in [-0.39, 0.29) is 23.5 Å². The third-order valence-corrected chi connectivity index (χ3v) is 4.92. The SMILES string of the molecule is Cc1cc(C)cc(NC2=C(c3ccc([N+](=O)[O-])cc3)C(=O)N(Cc3ccco3)C2=O)c1. The van der Waals surface area contributed by atoms with Crippen LogP contribution in [0.25, 0.3) is 5.57 Å². The zero-order chi connectivity index (χ0) is 22.1. The molecule has 0 fully saturated rings. The number of carbonyl (C=O) groups excluding carboxylic acids is 2. The molecule has 156 valence electrons. The lowest BCUT2D eigenvalue weighted by Crippen LogP contribution is -2.31. The van der Waals surface area contributed by atoms with E-state index >= 15 is 0 Å². The van der Waals surface area contributed by atoms with E-state index in [0.29, 0.717) is 17.0 Å². The fourth-order valence-corrected chi connectivity index (χ4v) is 3.60. The summed E-state index contributed by atoms with van der Waals surface area (Å²) in [6, 6.07) is 14.7. The molecule has 1 aliphatic rings. The summed E-state index contributed by atoms with van der Waals surface area (Å²) in [6.07, 6.45) is 1.47. The topological polar surface area (TPSA) is 106 Å². The summed E-state index contributed by atoms with van der Waals surface area (Å²) in [7, 11) is 0. The molecule has 8 heteroatoms. The molecule has 0 radical (unpaired) electrons. The van der Waals surface area contributed by atoms with Gasteiger partial charge in [-0.05, 0) is 66.9 Å². The zero-order valence-corrected chi connectivity index (χ0v) is 16.9. The highest BCUT2D eigenvalue weighted by atomic mass is 16.6. The number of imide groups is 1. The molecule has 0 spiro atoms. The van der Waals surface area contributed by atoms with E-state index in [1.165, 1.54) is 30.5 Å². The monoisotopic (exact) mass is 417 g/mol. The zero-order valence-electron chi connectivity index (χ0n) is 16.9. The molecule has 1 N–H and O–H groups in total. The van der Waals surface area contributed by atoms with E-state index in [1.54, 1.807) is 12.1 Å². The second kappa shape index (κ2) is 7.91. The number of hydrogen-bond acceptors (Lipinski definition) is 6. The van der Waals surface area contributed by atoms with Gasteiger partial charge in [-0.15, -0.1) is 0 Å². The summed E-state index contributed by atoms with van der Waals surface area (Å²) in [5.74, 6) is -0.520. The van der Waals surface area contributed by atoms with Crippen LogP contribution in [0.15, 0.2) is 71.0 Å². The third kappa shape index (κ3) is 3.95. The Balaban J connectivity index is 1.77. The van der Waals surface area contributed by atoms with Gasteiger partial charge in [-0.2, -0.15) is 0 Å². The minimum absolute atomic E-state index is 0.0147. The van der Waals surface area contributed by atoms with E-state index in [4.69, 9.17) is 4.42 Å². The highest BCUT2D eigenvalue weighted by molar-refractivity contribution is 6.36. The first kappa shape index (κ1) is 20.1. The maximum absolute atomic E-state index is 13.2. The maximum atomic E-state index is 13.2. The summed E-state index contributed by atoms with van der Waals surface area (Å²) >= 11 is 0. The van der Waals surface area contributed by atoms with Gasteiger partial charge in [-0.3, -0.25) is 24.6 Å². The fourth-order valence-electron chi connectivity index (χ4n) is 3.60. The van der Waals surface area contributed by atoms with Crippen LogP contribution in [-0.2, 0) is 16.1 Å². The van der Waals surface area contributed by atoms with Gasteiger partial charge in [0.05, 0.1) is 23.3 Å². The van der Waals surface area contributed by atoms with Crippen molar-refractivity contribution in [1.29, 1.82) is 0 Å². The number of hydrogen-bond donors (Lipinski definition) is 1. The number of nitrogens with zero attached hydrogens (tertiary/aromatic N) is 2. The standard InChI is InChI=1S/C23H19N3O5/c1-14-10-15(2)12-17(11-14)24-21-20(16-5-7-18(8-6-16)26(29)30)22(27)25(23(21)28)13-19-4-3-9-31-19/h3-12,24H,13H2,1-2H3. The lowest BCUT2D eigenvalue weighted by atomic mass is 10.0. The summed E-state index contributed by atoms with van der Waals surface area (Å²) in [6.45, 7) is 3.86. The van der Waals surface area contributed by atoms with Gasteiger partial charge >= 0.3 is 0 Å². The Morgan fingerprint density at radius 1 is 1.00 bits per heavy atom. The lowest BCUT2D eigenvalue weighted by molar-refractivity contribution is -0.384. The average molecular weight is 417 g/mol. The molecule has 0 aliphatic carbocycles. The Hall–Kier alpha value is -4.20. The number of nitrogens with one attached hydrogen (secondary N) is 1. The quantitative estimate of drug-likeness (QED) is 0.366. The van der Waals surface area contributed by atoms with Crippen LogP contribution >= 0.6 is 0 Å². The summed E-state index contributed by atoms with van der Waals surface area (Å²) in [5.41, 5.74) is 3.28. The van der Waals surface area contributed by atoms with E-state index in [9.17, 15) is 19.7 Å². The number of amides is 2. The maximum Gasteiger partial charge on any atom is 0.278 e. The molecule has 4 rings (SSSR count). The summed E-state index contributed by atoms with van der Waals surface area (Å²) < 4.78 is 5.30. The first-order chi connectivity index (χ1) is 14.8. The number of rotatable bonds is 6. The van der Waals surface area contributed by atoms with Crippen molar-refractivity contribution >= 4 is 28.8 Å². The number of nitro benzene ring substituents is 1. The van der Waals surface area contributed by atoms with Crippen LogP contribution in [0.3, 0.4) is 0 Å². The number of nitro groups is 1. The molecule has 1 aromatic heterocycles. The molecule has 0 saturated heterocycles. The first-order valence-corrected chi connectivity index (χ1v) is 9.56. The number of aryl methyl sites for hydroxylation is 2. The number of furan rings is 1. The molecule has 2 aromatic carbocycles. The van der Waals surface area contributed by atoms with Crippen molar-refractivity contribution in [1.82, 2.24) is 4.90 Å². The molecule has 0 unspecified atom stereocenters. The molecule has 2 heterocycles. The predicted octanol–water partition coefficient (Wildman–Crippen LogP) is 4.20. The molecule has 2 amide bonds. The molecule has 0 bridgehead atoms. The Morgan fingerprint density at radius 2 is 1.68 bits per heavy atom. The normalized spacial score (nSPS) is 13.8. The lowest BCUT2D eigenvalue weighted by Gasteiger charge is -2.14. The summed E-state index contributed by atoms with van der Waals surface area (Å²) in [5, 5.41) is 14.1. The number of benzene rings is 2. The Bertz CT molecular complexity index is 1190. The van der Waals surface area contributed by atoms with Gasteiger partial charge in [0.2, 0.25) is 0 Å². The average Bonchev–Trinajstić information content (AvgIpc) is 3.30. The summed E-state index contributed by atoms with van der Waals surface area (Å²) in [4.78, 5) is 38.0. The van der Waals surface area contributed by atoms with Gasteiger partial charge in [0, 0.05) is 17.8 Å². The molecular formula is C23H19N3O5. The van der Waals surface area contributed by atoms with Gasteiger partial charge in [0.25, 0.3) is 17.5 Å². The Morgan fingerprint density at radius 3 is 2.26 bits per heavy atom. The smallest absolute Gasteiger partial charge is 0.278 e. The number of anilines is 1. The molecule has 0 saturated carbocycles. The molecule has 3 aromatic rings. The molecular weight excluding hydrogens is 398 g/mol. The highest BCUT2D eigenvalue weighted by Gasteiger charge is 2.39. The number of carbonyl (C=O) groups is 2.